The monoisotopic (exact) mass is 574 g/mol. The van der Waals surface area contributed by atoms with Crippen molar-refractivity contribution in [1.29, 1.82) is 0 Å². The average Bonchev–Trinajstić information content (AvgIpc) is 3.26. The summed E-state index contributed by atoms with van der Waals surface area (Å²) >= 11 is 2.89. The van der Waals surface area contributed by atoms with E-state index in [1.165, 1.54) is 17.4 Å². The fraction of sp³-hybridized carbons (Fsp3) is 0.194. The number of carbonyl (C=O) groups excluding carboxylic acids is 1. The molecule has 1 aliphatic rings. The molecule has 4 aromatic rings. The topological polar surface area (TPSA) is 69.9 Å². The van der Waals surface area contributed by atoms with Gasteiger partial charge in [0.15, 0.2) is 4.80 Å². The Kier molecular flexibility index (Phi) is 8.32. The van der Waals surface area contributed by atoms with Crippen LogP contribution in [0.3, 0.4) is 0 Å². The number of benzene rings is 3. The summed E-state index contributed by atoms with van der Waals surface area (Å²) < 4.78 is 27.0. The molecule has 0 radical (unpaired) electrons. The van der Waals surface area contributed by atoms with E-state index in [1.54, 1.807) is 66.6 Å². The molecule has 9 heteroatoms. The molecule has 0 unspecified atom stereocenters. The maximum Gasteiger partial charge on any atom is 0.338 e. The number of thiazole rings is 1. The molecule has 0 saturated carbocycles. The van der Waals surface area contributed by atoms with Gasteiger partial charge in [0, 0.05) is 10.5 Å². The number of ether oxygens (including phenoxy) is 2. The number of nitrogens with zero attached hydrogens (tertiary/aromatic N) is 2. The Morgan fingerprint density at radius 2 is 1.82 bits per heavy atom. The first-order valence-electron chi connectivity index (χ1n) is 12.7. The highest BCUT2D eigenvalue weighted by Gasteiger charge is 2.33. The molecule has 0 fully saturated rings. The number of hydrogen-bond acceptors (Lipinski definition) is 7. The predicted molar refractivity (Wildman–Crippen MR) is 156 cm³/mol. The Hall–Kier alpha value is -3.95. The standard InChI is InChI=1S/C31H27FN2O4S2/c1-4-37-30(36)27-19(2)33-31-34(28(27)21-11-15-24(39-3)16-12-21)29(35)26(40-31)17-20-9-13-23(14-10-20)38-18-22-7-5-6-8-25(22)32/h5-17,28H,4,18H2,1-3H3/b26-17-/t28-/m0/s1. The van der Waals surface area contributed by atoms with Crippen LogP contribution in [0.5, 0.6) is 5.75 Å². The first kappa shape index (κ1) is 27.6. The largest absolute Gasteiger partial charge is 0.489 e. The molecule has 6 nitrogen and oxygen atoms in total. The van der Waals surface area contributed by atoms with Crippen LogP contribution in [-0.4, -0.2) is 23.4 Å². The molecular formula is C31H27FN2O4S2. The average molecular weight is 575 g/mol. The van der Waals surface area contributed by atoms with Gasteiger partial charge >= 0.3 is 5.97 Å². The highest BCUT2D eigenvalue weighted by Crippen LogP contribution is 2.31. The summed E-state index contributed by atoms with van der Waals surface area (Å²) in [5, 5.41) is 0. The number of allylic oxidation sites excluding steroid dienone is 1. The van der Waals surface area contributed by atoms with Gasteiger partial charge < -0.3 is 9.47 Å². The second kappa shape index (κ2) is 12.1. The third kappa shape index (κ3) is 5.66. The Bertz CT molecular complexity index is 1760. The van der Waals surface area contributed by atoms with Gasteiger partial charge in [-0.15, -0.1) is 11.8 Å². The zero-order chi connectivity index (χ0) is 28.2. The third-order valence-electron chi connectivity index (χ3n) is 6.48. The van der Waals surface area contributed by atoms with Gasteiger partial charge in [-0.1, -0.05) is 53.8 Å². The smallest absolute Gasteiger partial charge is 0.338 e. The van der Waals surface area contributed by atoms with Crippen LogP contribution < -0.4 is 19.6 Å². The summed E-state index contributed by atoms with van der Waals surface area (Å²) in [5.74, 6) is -0.206. The van der Waals surface area contributed by atoms with Gasteiger partial charge in [-0.2, -0.15) is 0 Å². The highest BCUT2D eigenvalue weighted by atomic mass is 32.2. The van der Waals surface area contributed by atoms with Crippen LogP contribution in [0, 0.1) is 5.82 Å². The zero-order valence-corrected chi connectivity index (χ0v) is 23.9. The van der Waals surface area contributed by atoms with E-state index in [2.05, 4.69) is 4.99 Å². The summed E-state index contributed by atoms with van der Waals surface area (Å²) in [7, 11) is 0. The van der Waals surface area contributed by atoms with E-state index in [-0.39, 0.29) is 24.6 Å². The van der Waals surface area contributed by atoms with Gasteiger partial charge in [-0.3, -0.25) is 9.36 Å². The summed E-state index contributed by atoms with van der Waals surface area (Å²) in [5.41, 5.74) is 2.72. The number of carbonyl (C=O) groups is 1. The number of thioether (sulfide) groups is 1. The van der Waals surface area contributed by atoms with Crippen molar-refractivity contribution < 1.29 is 18.7 Å². The van der Waals surface area contributed by atoms with Crippen molar-refractivity contribution in [2.45, 2.75) is 31.4 Å². The van der Waals surface area contributed by atoms with E-state index in [1.807, 2.05) is 42.7 Å². The van der Waals surface area contributed by atoms with Crippen LogP contribution in [0.2, 0.25) is 0 Å². The minimum absolute atomic E-state index is 0.116. The van der Waals surface area contributed by atoms with E-state index < -0.39 is 12.0 Å². The fourth-order valence-corrected chi connectivity index (χ4v) is 5.94. The lowest BCUT2D eigenvalue weighted by Crippen LogP contribution is -2.39. The molecule has 5 rings (SSSR count). The van der Waals surface area contributed by atoms with Crippen molar-refractivity contribution in [3.8, 4) is 5.75 Å². The molecule has 0 aliphatic carbocycles. The van der Waals surface area contributed by atoms with E-state index in [0.717, 1.165) is 16.0 Å². The van der Waals surface area contributed by atoms with Crippen LogP contribution in [0.4, 0.5) is 4.39 Å². The van der Waals surface area contributed by atoms with Crippen LogP contribution >= 0.6 is 23.1 Å². The lowest BCUT2D eigenvalue weighted by molar-refractivity contribution is -0.139. The van der Waals surface area contributed by atoms with E-state index >= 15 is 0 Å². The van der Waals surface area contributed by atoms with Crippen LogP contribution in [-0.2, 0) is 16.1 Å². The summed E-state index contributed by atoms with van der Waals surface area (Å²) in [6.45, 7) is 3.86. The molecule has 1 aromatic heterocycles. The molecule has 0 N–H and O–H groups in total. The van der Waals surface area contributed by atoms with Crippen LogP contribution in [0.1, 0.15) is 36.6 Å². The highest BCUT2D eigenvalue weighted by molar-refractivity contribution is 7.98. The number of fused-ring (bicyclic) bond motifs is 1. The predicted octanol–water partition coefficient (Wildman–Crippen LogP) is 5.24. The van der Waals surface area contributed by atoms with Gasteiger partial charge in [-0.25, -0.2) is 14.2 Å². The molecule has 1 atom stereocenters. The summed E-state index contributed by atoms with van der Waals surface area (Å²) in [4.78, 5) is 33.0. The number of rotatable bonds is 8. The van der Waals surface area contributed by atoms with Crippen molar-refractivity contribution in [2.24, 2.45) is 4.99 Å². The molecule has 3 aromatic carbocycles. The van der Waals surface area contributed by atoms with Gasteiger partial charge in [0.2, 0.25) is 0 Å². The third-order valence-corrected chi connectivity index (χ3v) is 8.21. The van der Waals surface area contributed by atoms with Crippen molar-refractivity contribution in [2.75, 3.05) is 12.9 Å². The number of hydrogen-bond donors (Lipinski definition) is 0. The molecule has 0 bridgehead atoms. The SMILES string of the molecule is CCOC(=O)C1=C(C)N=c2s/c(=C\c3ccc(OCc4ccccc4F)cc3)c(=O)n2[C@H]1c1ccc(SC)cc1. The molecule has 0 spiro atoms. The first-order valence-corrected chi connectivity index (χ1v) is 14.7. The van der Waals surface area contributed by atoms with E-state index in [4.69, 9.17) is 9.47 Å². The summed E-state index contributed by atoms with van der Waals surface area (Å²) in [6.07, 6.45) is 3.79. The Morgan fingerprint density at radius 1 is 1.10 bits per heavy atom. The number of halogens is 1. The van der Waals surface area contributed by atoms with Crippen LogP contribution in [0.15, 0.2) is 98.7 Å². The van der Waals surface area contributed by atoms with E-state index in [9.17, 15) is 14.0 Å². The van der Waals surface area contributed by atoms with Gasteiger partial charge in [0.05, 0.1) is 28.5 Å². The minimum atomic E-state index is -0.650. The van der Waals surface area contributed by atoms with Gasteiger partial charge in [-0.05, 0) is 67.6 Å². The Balaban J connectivity index is 1.50. The lowest BCUT2D eigenvalue weighted by Gasteiger charge is -2.24. The Morgan fingerprint density at radius 3 is 2.50 bits per heavy atom. The Labute approximate surface area is 239 Å². The molecule has 1 aliphatic heterocycles. The zero-order valence-electron chi connectivity index (χ0n) is 22.2. The van der Waals surface area contributed by atoms with E-state index in [0.29, 0.717) is 31.9 Å². The molecule has 40 heavy (non-hydrogen) atoms. The summed E-state index contributed by atoms with van der Waals surface area (Å²) in [6, 6.07) is 20.9. The van der Waals surface area contributed by atoms with Gasteiger partial charge in [0.1, 0.15) is 18.2 Å². The maximum atomic E-state index is 13.9. The second-order valence-electron chi connectivity index (χ2n) is 9.02. The lowest BCUT2D eigenvalue weighted by atomic mass is 9.96. The van der Waals surface area contributed by atoms with Crippen molar-refractivity contribution in [3.63, 3.8) is 0 Å². The van der Waals surface area contributed by atoms with Crippen molar-refractivity contribution in [3.05, 3.63) is 126 Å². The van der Waals surface area contributed by atoms with Gasteiger partial charge in [0.25, 0.3) is 5.56 Å². The maximum absolute atomic E-state index is 13.9. The molecule has 2 heterocycles. The fourth-order valence-electron chi connectivity index (χ4n) is 4.48. The molecular weight excluding hydrogens is 547 g/mol. The van der Waals surface area contributed by atoms with Crippen molar-refractivity contribution >= 4 is 35.1 Å². The quantitative estimate of drug-likeness (QED) is 0.213. The number of aromatic nitrogens is 1. The molecule has 204 valence electrons. The minimum Gasteiger partial charge on any atom is -0.489 e. The van der Waals surface area contributed by atoms with Crippen LogP contribution in [0.25, 0.3) is 6.08 Å². The molecule has 0 amide bonds. The first-order chi connectivity index (χ1) is 19.4. The number of esters is 1. The molecule has 0 saturated heterocycles. The van der Waals surface area contributed by atoms with Crippen molar-refractivity contribution in [1.82, 2.24) is 4.57 Å². The normalized spacial score (nSPS) is 15.0. The second-order valence-corrected chi connectivity index (χ2v) is 10.9.